The van der Waals surface area contributed by atoms with Gasteiger partial charge >= 0.3 is 0 Å². The summed E-state index contributed by atoms with van der Waals surface area (Å²) in [5.41, 5.74) is 0.622. The van der Waals surface area contributed by atoms with Gasteiger partial charge in [0, 0.05) is 24.2 Å². The number of amides is 1. The number of carbonyl (C=O) groups is 1. The molecule has 2 aromatic carbocycles. The first-order valence-corrected chi connectivity index (χ1v) is 8.25. The van der Waals surface area contributed by atoms with Crippen LogP contribution in [0.2, 0.25) is 0 Å². The van der Waals surface area contributed by atoms with Crippen molar-refractivity contribution in [3.8, 4) is 11.5 Å². The topological polar surface area (TPSA) is 50.4 Å². The van der Waals surface area contributed by atoms with Gasteiger partial charge in [-0.3, -0.25) is 4.79 Å². The third kappa shape index (κ3) is 3.12. The van der Waals surface area contributed by atoms with Crippen LogP contribution in [0.1, 0.15) is 23.2 Å². The molecule has 3 unspecified atom stereocenters. The molecule has 5 heteroatoms. The first-order valence-electron chi connectivity index (χ1n) is 8.25. The molecule has 0 spiro atoms. The number of rotatable bonds is 4. The summed E-state index contributed by atoms with van der Waals surface area (Å²) in [5.74, 6) is 1.39. The maximum absolute atomic E-state index is 12.9. The van der Waals surface area contributed by atoms with Crippen LogP contribution in [0.15, 0.2) is 48.5 Å². The lowest BCUT2D eigenvalue weighted by atomic mass is 10.0. The summed E-state index contributed by atoms with van der Waals surface area (Å²) in [5, 5.41) is 6.58. The number of benzene rings is 2. The van der Waals surface area contributed by atoms with Crippen molar-refractivity contribution in [2.45, 2.75) is 24.9 Å². The highest BCUT2D eigenvalue weighted by atomic mass is 19.1. The average Bonchev–Trinajstić information content (AvgIpc) is 3.20. The Balaban J connectivity index is 1.38. The number of ether oxygens (including phenoxy) is 1. The maximum atomic E-state index is 12.9. The first-order chi connectivity index (χ1) is 11.7. The van der Waals surface area contributed by atoms with Gasteiger partial charge in [-0.25, -0.2) is 4.39 Å². The minimum absolute atomic E-state index is 0.0408. The lowest BCUT2D eigenvalue weighted by Crippen LogP contribution is -2.44. The second-order valence-electron chi connectivity index (χ2n) is 6.50. The third-order valence-corrected chi connectivity index (χ3v) is 4.85. The van der Waals surface area contributed by atoms with Crippen LogP contribution in [0, 0.1) is 11.7 Å². The summed E-state index contributed by atoms with van der Waals surface area (Å²) in [7, 11) is 0. The van der Waals surface area contributed by atoms with Gasteiger partial charge in [-0.15, -0.1) is 0 Å². The van der Waals surface area contributed by atoms with Crippen LogP contribution in [0.3, 0.4) is 0 Å². The zero-order valence-corrected chi connectivity index (χ0v) is 13.2. The van der Waals surface area contributed by atoms with Gasteiger partial charge in [0.1, 0.15) is 17.3 Å². The Morgan fingerprint density at radius 3 is 2.29 bits per heavy atom. The van der Waals surface area contributed by atoms with Crippen molar-refractivity contribution in [3.05, 3.63) is 59.9 Å². The van der Waals surface area contributed by atoms with E-state index in [9.17, 15) is 9.18 Å². The van der Waals surface area contributed by atoms with Gasteiger partial charge in [0.15, 0.2) is 0 Å². The van der Waals surface area contributed by atoms with E-state index in [-0.39, 0.29) is 17.8 Å². The molecule has 1 saturated carbocycles. The molecule has 0 radical (unpaired) electrons. The van der Waals surface area contributed by atoms with Gasteiger partial charge in [0.05, 0.1) is 0 Å². The van der Waals surface area contributed by atoms with E-state index in [1.54, 1.807) is 36.4 Å². The largest absolute Gasteiger partial charge is 0.457 e. The molecule has 1 aliphatic carbocycles. The molecular weight excluding hydrogens is 307 g/mol. The summed E-state index contributed by atoms with van der Waals surface area (Å²) < 4.78 is 18.5. The molecule has 2 aromatic rings. The Morgan fingerprint density at radius 2 is 1.71 bits per heavy atom. The summed E-state index contributed by atoms with van der Waals surface area (Å²) in [6, 6.07) is 13.7. The molecule has 1 saturated heterocycles. The van der Waals surface area contributed by atoms with Gasteiger partial charge < -0.3 is 15.4 Å². The molecule has 4 nitrogen and oxygen atoms in total. The number of hydrogen-bond acceptors (Lipinski definition) is 3. The number of piperidine rings is 1. The Morgan fingerprint density at radius 1 is 1.04 bits per heavy atom. The SMILES string of the molecule is O=C(NC1CC2CC1CN2)c1ccc(Oc2ccc(F)cc2)cc1. The lowest BCUT2D eigenvalue weighted by Gasteiger charge is -2.23. The molecule has 0 aromatic heterocycles. The molecule has 4 rings (SSSR count). The second kappa shape index (κ2) is 6.24. The van der Waals surface area contributed by atoms with Crippen molar-refractivity contribution in [2.75, 3.05) is 6.54 Å². The molecule has 24 heavy (non-hydrogen) atoms. The Bertz CT molecular complexity index is 730. The minimum atomic E-state index is -0.301. The van der Waals surface area contributed by atoms with Crippen LogP contribution in [0.5, 0.6) is 11.5 Å². The Labute approximate surface area is 140 Å². The zero-order valence-electron chi connectivity index (χ0n) is 13.2. The summed E-state index contributed by atoms with van der Waals surface area (Å²) in [6.07, 6.45) is 2.18. The minimum Gasteiger partial charge on any atom is -0.457 e. The standard InChI is InChI=1S/C19H19FN2O2/c20-14-3-7-17(8-4-14)24-16-5-1-12(2-6-16)19(23)22-18-10-15-9-13(18)11-21-15/h1-8,13,15,18,21H,9-11H2,(H,22,23). The van der Waals surface area contributed by atoms with Crippen molar-refractivity contribution in [3.63, 3.8) is 0 Å². The zero-order chi connectivity index (χ0) is 16.5. The van der Waals surface area contributed by atoms with Gasteiger partial charge in [0.2, 0.25) is 0 Å². The summed E-state index contributed by atoms with van der Waals surface area (Å²) in [4.78, 5) is 12.4. The van der Waals surface area contributed by atoms with Gasteiger partial charge in [-0.05, 0) is 67.3 Å². The van der Waals surface area contributed by atoms with Crippen LogP contribution in [-0.2, 0) is 0 Å². The van der Waals surface area contributed by atoms with Crippen molar-refractivity contribution in [1.82, 2.24) is 10.6 Å². The molecule has 1 amide bonds. The predicted molar refractivity (Wildman–Crippen MR) is 88.7 cm³/mol. The molecule has 2 N–H and O–H groups in total. The molecule has 124 valence electrons. The molecule has 2 fully saturated rings. The number of hydrogen-bond donors (Lipinski definition) is 2. The van der Waals surface area contributed by atoms with Gasteiger partial charge in [0.25, 0.3) is 5.91 Å². The van der Waals surface area contributed by atoms with Crippen LogP contribution < -0.4 is 15.4 Å². The van der Waals surface area contributed by atoms with E-state index in [0.717, 1.165) is 19.4 Å². The molecular formula is C19H19FN2O2. The van der Waals surface area contributed by atoms with Gasteiger partial charge in [-0.1, -0.05) is 0 Å². The summed E-state index contributed by atoms with van der Waals surface area (Å²) in [6.45, 7) is 1.00. The summed E-state index contributed by atoms with van der Waals surface area (Å²) >= 11 is 0. The second-order valence-corrected chi connectivity index (χ2v) is 6.50. The van der Waals surface area contributed by atoms with E-state index in [1.807, 2.05) is 0 Å². The van der Waals surface area contributed by atoms with Crippen molar-refractivity contribution >= 4 is 5.91 Å². The fourth-order valence-corrected chi connectivity index (χ4v) is 3.58. The highest BCUT2D eigenvalue weighted by molar-refractivity contribution is 5.94. The maximum Gasteiger partial charge on any atom is 0.251 e. The Hall–Kier alpha value is -2.40. The third-order valence-electron chi connectivity index (χ3n) is 4.85. The van der Waals surface area contributed by atoms with E-state index >= 15 is 0 Å². The number of fused-ring (bicyclic) bond motifs is 2. The van der Waals surface area contributed by atoms with Crippen LogP contribution in [-0.4, -0.2) is 24.5 Å². The van der Waals surface area contributed by atoms with Crippen molar-refractivity contribution in [2.24, 2.45) is 5.92 Å². The lowest BCUT2D eigenvalue weighted by molar-refractivity contribution is 0.0925. The first kappa shape index (κ1) is 15.1. The van der Waals surface area contributed by atoms with Crippen molar-refractivity contribution in [1.29, 1.82) is 0 Å². The van der Waals surface area contributed by atoms with Crippen molar-refractivity contribution < 1.29 is 13.9 Å². The number of nitrogens with one attached hydrogen (secondary N) is 2. The smallest absolute Gasteiger partial charge is 0.251 e. The van der Waals surface area contributed by atoms with E-state index in [1.165, 1.54) is 12.1 Å². The monoisotopic (exact) mass is 326 g/mol. The molecule has 1 aliphatic heterocycles. The van der Waals surface area contributed by atoms with E-state index in [0.29, 0.717) is 29.0 Å². The van der Waals surface area contributed by atoms with E-state index < -0.39 is 0 Å². The van der Waals surface area contributed by atoms with Crippen LogP contribution >= 0.6 is 0 Å². The molecule has 3 atom stereocenters. The fourth-order valence-electron chi connectivity index (χ4n) is 3.58. The predicted octanol–water partition coefficient (Wildman–Crippen LogP) is 3.10. The van der Waals surface area contributed by atoms with E-state index in [2.05, 4.69) is 10.6 Å². The van der Waals surface area contributed by atoms with Gasteiger partial charge in [-0.2, -0.15) is 0 Å². The average molecular weight is 326 g/mol. The molecule has 2 bridgehead atoms. The van der Waals surface area contributed by atoms with Crippen LogP contribution in [0.25, 0.3) is 0 Å². The quantitative estimate of drug-likeness (QED) is 0.908. The normalized spacial score (nSPS) is 24.8. The number of halogens is 1. The highest BCUT2D eigenvalue weighted by Crippen LogP contribution is 2.31. The van der Waals surface area contributed by atoms with E-state index in [4.69, 9.17) is 4.74 Å². The Kier molecular flexibility index (Phi) is 3.94. The highest BCUT2D eigenvalue weighted by Gasteiger charge is 2.39. The number of carbonyl (C=O) groups excluding carboxylic acids is 1. The van der Waals surface area contributed by atoms with Crippen LogP contribution in [0.4, 0.5) is 4.39 Å². The molecule has 1 heterocycles. The fraction of sp³-hybridized carbons (Fsp3) is 0.316. The molecule has 2 aliphatic rings.